The summed E-state index contributed by atoms with van der Waals surface area (Å²) in [5.74, 6) is 0.261. The van der Waals surface area contributed by atoms with Crippen LogP contribution in [0.3, 0.4) is 0 Å². The number of carboxylic acid groups (broad SMARTS) is 1. The SMILES string of the molecule is COc1ccc(Nc2cc(C)ccc2C(=O)O)c(OC)c1. The highest BCUT2D eigenvalue weighted by atomic mass is 16.5. The van der Waals surface area contributed by atoms with Crippen molar-refractivity contribution in [2.24, 2.45) is 0 Å². The Bertz CT molecular complexity index is 667. The van der Waals surface area contributed by atoms with Crippen molar-refractivity contribution in [1.29, 1.82) is 0 Å². The molecule has 0 aromatic heterocycles. The van der Waals surface area contributed by atoms with Crippen molar-refractivity contribution in [3.05, 3.63) is 47.5 Å². The zero-order valence-corrected chi connectivity index (χ0v) is 12.1. The monoisotopic (exact) mass is 287 g/mol. The van der Waals surface area contributed by atoms with Crippen LogP contribution in [0.5, 0.6) is 11.5 Å². The predicted molar refractivity (Wildman–Crippen MR) is 81.0 cm³/mol. The van der Waals surface area contributed by atoms with Crippen LogP contribution in [0.4, 0.5) is 11.4 Å². The van der Waals surface area contributed by atoms with Gasteiger partial charge in [-0.1, -0.05) is 6.07 Å². The average Bonchev–Trinajstić information content (AvgIpc) is 2.47. The Morgan fingerprint density at radius 1 is 1.05 bits per heavy atom. The number of aryl methyl sites for hydroxylation is 1. The second kappa shape index (κ2) is 6.17. The standard InChI is InChI=1S/C16H17NO4/c1-10-4-6-12(16(18)19)14(8-10)17-13-7-5-11(20-2)9-15(13)21-3/h4-9,17H,1-3H3,(H,18,19). The fourth-order valence-electron chi connectivity index (χ4n) is 1.99. The fraction of sp³-hybridized carbons (Fsp3) is 0.188. The molecule has 0 atom stereocenters. The molecule has 110 valence electrons. The molecule has 0 fully saturated rings. The summed E-state index contributed by atoms with van der Waals surface area (Å²) in [6.45, 7) is 1.90. The molecule has 0 bridgehead atoms. The molecule has 5 nitrogen and oxygen atoms in total. The van der Waals surface area contributed by atoms with Gasteiger partial charge in [0.2, 0.25) is 0 Å². The molecule has 2 rings (SSSR count). The van der Waals surface area contributed by atoms with Crippen LogP contribution in [-0.4, -0.2) is 25.3 Å². The molecule has 0 saturated carbocycles. The van der Waals surface area contributed by atoms with Gasteiger partial charge in [-0.15, -0.1) is 0 Å². The highest BCUT2D eigenvalue weighted by molar-refractivity contribution is 5.95. The van der Waals surface area contributed by atoms with Crippen LogP contribution in [0.1, 0.15) is 15.9 Å². The molecule has 2 N–H and O–H groups in total. The number of hydrogen-bond donors (Lipinski definition) is 2. The molecular weight excluding hydrogens is 270 g/mol. The number of ether oxygens (including phenoxy) is 2. The molecule has 0 aliphatic carbocycles. The summed E-state index contributed by atoms with van der Waals surface area (Å²) in [6, 6.07) is 10.4. The molecule has 21 heavy (non-hydrogen) atoms. The predicted octanol–water partition coefficient (Wildman–Crippen LogP) is 3.45. The van der Waals surface area contributed by atoms with Gasteiger partial charge in [0.1, 0.15) is 11.5 Å². The van der Waals surface area contributed by atoms with Gasteiger partial charge in [-0.25, -0.2) is 4.79 Å². The van der Waals surface area contributed by atoms with Crippen LogP contribution in [0.25, 0.3) is 0 Å². The van der Waals surface area contributed by atoms with Crippen molar-refractivity contribution in [3.8, 4) is 11.5 Å². The zero-order chi connectivity index (χ0) is 15.4. The third kappa shape index (κ3) is 3.25. The third-order valence-corrected chi connectivity index (χ3v) is 3.08. The van der Waals surface area contributed by atoms with Gasteiger partial charge in [0.05, 0.1) is 31.2 Å². The number of hydrogen-bond acceptors (Lipinski definition) is 4. The van der Waals surface area contributed by atoms with E-state index < -0.39 is 5.97 Å². The van der Waals surface area contributed by atoms with Gasteiger partial charge in [-0.2, -0.15) is 0 Å². The summed E-state index contributed by atoms with van der Waals surface area (Å²) >= 11 is 0. The van der Waals surface area contributed by atoms with E-state index in [-0.39, 0.29) is 5.56 Å². The van der Waals surface area contributed by atoms with E-state index >= 15 is 0 Å². The summed E-state index contributed by atoms with van der Waals surface area (Å²) in [4.78, 5) is 11.3. The van der Waals surface area contributed by atoms with Crippen LogP contribution in [0, 0.1) is 6.92 Å². The number of benzene rings is 2. The first-order valence-corrected chi connectivity index (χ1v) is 6.38. The summed E-state index contributed by atoms with van der Waals surface area (Å²) in [5.41, 5.74) is 2.37. The maximum absolute atomic E-state index is 11.3. The van der Waals surface area contributed by atoms with Crippen molar-refractivity contribution in [1.82, 2.24) is 0 Å². The molecule has 5 heteroatoms. The number of methoxy groups -OCH3 is 2. The smallest absolute Gasteiger partial charge is 0.337 e. The summed E-state index contributed by atoms with van der Waals surface area (Å²) in [6.07, 6.45) is 0. The highest BCUT2D eigenvalue weighted by Gasteiger charge is 2.12. The van der Waals surface area contributed by atoms with Gasteiger partial charge in [0.25, 0.3) is 0 Å². The Kier molecular flexibility index (Phi) is 4.33. The first-order valence-electron chi connectivity index (χ1n) is 6.38. The quantitative estimate of drug-likeness (QED) is 0.881. The van der Waals surface area contributed by atoms with E-state index in [1.165, 1.54) is 0 Å². The lowest BCUT2D eigenvalue weighted by molar-refractivity contribution is 0.0698. The van der Waals surface area contributed by atoms with Crippen LogP contribution < -0.4 is 14.8 Å². The Balaban J connectivity index is 2.42. The highest BCUT2D eigenvalue weighted by Crippen LogP contribution is 2.32. The topological polar surface area (TPSA) is 67.8 Å². The number of carboxylic acids is 1. The molecule has 0 amide bonds. The number of carbonyl (C=O) groups is 1. The van der Waals surface area contributed by atoms with Gasteiger partial charge in [-0.3, -0.25) is 0 Å². The van der Waals surface area contributed by atoms with Gasteiger partial charge in [0.15, 0.2) is 0 Å². The molecule has 0 aliphatic heterocycles. The van der Waals surface area contributed by atoms with Crippen molar-refractivity contribution in [2.75, 3.05) is 19.5 Å². The van der Waals surface area contributed by atoms with Gasteiger partial charge >= 0.3 is 5.97 Å². The molecule has 2 aromatic carbocycles. The summed E-state index contributed by atoms with van der Waals surface area (Å²) < 4.78 is 10.4. The van der Waals surface area contributed by atoms with Crippen LogP contribution in [0.15, 0.2) is 36.4 Å². The Morgan fingerprint density at radius 3 is 2.43 bits per heavy atom. The normalized spacial score (nSPS) is 10.0. The molecule has 0 unspecified atom stereocenters. The Labute approximate surface area is 123 Å². The molecule has 0 radical (unpaired) electrons. The third-order valence-electron chi connectivity index (χ3n) is 3.08. The minimum atomic E-state index is -0.982. The van der Waals surface area contributed by atoms with Crippen molar-refractivity contribution in [3.63, 3.8) is 0 Å². The molecular formula is C16H17NO4. The molecule has 0 saturated heterocycles. The number of anilines is 2. The lowest BCUT2D eigenvalue weighted by Crippen LogP contribution is -2.04. The largest absolute Gasteiger partial charge is 0.497 e. The lowest BCUT2D eigenvalue weighted by Gasteiger charge is -2.14. The Morgan fingerprint density at radius 2 is 1.81 bits per heavy atom. The average molecular weight is 287 g/mol. The Hall–Kier alpha value is -2.69. The maximum Gasteiger partial charge on any atom is 0.337 e. The van der Waals surface area contributed by atoms with Crippen LogP contribution >= 0.6 is 0 Å². The molecule has 0 heterocycles. The maximum atomic E-state index is 11.3. The van der Waals surface area contributed by atoms with E-state index in [9.17, 15) is 9.90 Å². The number of nitrogens with one attached hydrogen (secondary N) is 1. The molecule has 2 aromatic rings. The molecule has 0 spiro atoms. The van der Waals surface area contributed by atoms with Crippen LogP contribution in [-0.2, 0) is 0 Å². The first kappa shape index (κ1) is 14.7. The first-order chi connectivity index (χ1) is 10.0. The van der Waals surface area contributed by atoms with Crippen molar-refractivity contribution >= 4 is 17.3 Å². The minimum Gasteiger partial charge on any atom is -0.497 e. The molecule has 0 aliphatic rings. The zero-order valence-electron chi connectivity index (χ0n) is 12.1. The second-order valence-electron chi connectivity index (χ2n) is 4.55. The number of aromatic carboxylic acids is 1. The van der Waals surface area contributed by atoms with Crippen molar-refractivity contribution in [2.45, 2.75) is 6.92 Å². The van der Waals surface area contributed by atoms with E-state index in [0.717, 1.165) is 5.56 Å². The van der Waals surface area contributed by atoms with E-state index in [2.05, 4.69) is 5.32 Å². The van der Waals surface area contributed by atoms with Crippen LogP contribution in [0.2, 0.25) is 0 Å². The van der Waals surface area contributed by atoms with E-state index in [4.69, 9.17) is 9.47 Å². The fourth-order valence-corrected chi connectivity index (χ4v) is 1.99. The van der Waals surface area contributed by atoms with Gasteiger partial charge in [-0.05, 0) is 36.8 Å². The lowest BCUT2D eigenvalue weighted by atomic mass is 10.1. The minimum absolute atomic E-state index is 0.207. The summed E-state index contributed by atoms with van der Waals surface area (Å²) in [7, 11) is 3.12. The van der Waals surface area contributed by atoms with E-state index in [1.807, 2.05) is 6.92 Å². The number of rotatable bonds is 5. The second-order valence-corrected chi connectivity index (χ2v) is 4.55. The van der Waals surface area contributed by atoms with E-state index in [0.29, 0.717) is 22.9 Å². The summed E-state index contributed by atoms with van der Waals surface area (Å²) in [5, 5.41) is 12.4. The van der Waals surface area contributed by atoms with Gasteiger partial charge < -0.3 is 19.9 Å². The van der Waals surface area contributed by atoms with Crippen molar-refractivity contribution < 1.29 is 19.4 Å². The van der Waals surface area contributed by atoms with Gasteiger partial charge in [0, 0.05) is 6.07 Å². The van der Waals surface area contributed by atoms with E-state index in [1.54, 1.807) is 50.6 Å².